The quantitative estimate of drug-likeness (QED) is 0.272. The van der Waals surface area contributed by atoms with Gasteiger partial charge in [-0.1, -0.05) is 59.4 Å². The van der Waals surface area contributed by atoms with Gasteiger partial charge in [-0.15, -0.1) is 0 Å². The van der Waals surface area contributed by atoms with E-state index in [1.165, 1.54) is 35.1 Å². The summed E-state index contributed by atoms with van der Waals surface area (Å²) in [7, 11) is 0. The smallest absolute Gasteiger partial charge is 0.136 e. The first kappa shape index (κ1) is 24.7. The Morgan fingerprint density at radius 2 is 1.46 bits per heavy atom. The zero-order valence-corrected chi connectivity index (χ0v) is 19.4. The van der Waals surface area contributed by atoms with E-state index >= 15 is 0 Å². The van der Waals surface area contributed by atoms with Gasteiger partial charge in [0.15, 0.2) is 0 Å². The molecule has 0 saturated heterocycles. The minimum absolute atomic E-state index is 0.225. The molecule has 1 aliphatic rings. The third-order valence-electron chi connectivity index (χ3n) is 5.79. The normalized spacial score (nSPS) is 19.8. The molecule has 0 amide bonds. The van der Waals surface area contributed by atoms with E-state index in [-0.39, 0.29) is 5.92 Å². The van der Waals surface area contributed by atoms with Gasteiger partial charge < -0.3 is 0 Å². The number of allylic oxidation sites excluding steroid dienone is 8. The predicted octanol–water partition coefficient (Wildman–Crippen LogP) is 8.53. The van der Waals surface area contributed by atoms with Crippen molar-refractivity contribution < 1.29 is 4.79 Å². The fourth-order valence-electron chi connectivity index (χ4n) is 4.05. The van der Waals surface area contributed by atoms with E-state index < -0.39 is 0 Å². The Kier molecular flexibility index (Phi) is 12.1. The molecule has 0 N–H and O–H groups in total. The van der Waals surface area contributed by atoms with Crippen LogP contribution >= 0.6 is 0 Å². The van der Waals surface area contributed by atoms with Crippen molar-refractivity contribution in [1.29, 1.82) is 0 Å². The van der Waals surface area contributed by atoms with Crippen LogP contribution in [-0.2, 0) is 4.79 Å². The number of hydrogen-bond acceptors (Lipinski definition) is 1. The van der Waals surface area contributed by atoms with E-state index in [0.717, 1.165) is 51.4 Å². The summed E-state index contributed by atoms with van der Waals surface area (Å²) in [5, 5.41) is 0. The molecule has 0 aliphatic heterocycles. The molecule has 1 rings (SSSR count). The maximum atomic E-state index is 12.8. The van der Waals surface area contributed by atoms with Gasteiger partial charge in [0.25, 0.3) is 0 Å². The molecule has 0 aromatic carbocycles. The lowest BCUT2D eigenvalue weighted by molar-refractivity contribution is -0.123. The summed E-state index contributed by atoms with van der Waals surface area (Å²) >= 11 is 0. The van der Waals surface area contributed by atoms with Crippen LogP contribution in [0, 0.1) is 11.8 Å². The zero-order chi connectivity index (χ0) is 20.9. The minimum atomic E-state index is 0.225. The van der Waals surface area contributed by atoms with Crippen molar-refractivity contribution in [1.82, 2.24) is 0 Å². The molecular formula is C27H44O. The van der Waals surface area contributed by atoms with E-state index in [1.54, 1.807) is 0 Å². The van der Waals surface area contributed by atoms with Crippen LogP contribution in [0.1, 0.15) is 106 Å². The number of carbonyl (C=O) groups is 1. The van der Waals surface area contributed by atoms with Crippen molar-refractivity contribution in [3.8, 4) is 0 Å². The molecule has 1 nitrogen and oxygen atoms in total. The molecule has 0 radical (unpaired) electrons. The van der Waals surface area contributed by atoms with Gasteiger partial charge in [-0.3, -0.25) is 4.79 Å². The van der Waals surface area contributed by atoms with Gasteiger partial charge in [0, 0.05) is 12.3 Å². The molecule has 0 bridgehead atoms. The molecule has 0 heterocycles. The highest BCUT2D eigenvalue weighted by Crippen LogP contribution is 2.31. The van der Waals surface area contributed by atoms with E-state index in [2.05, 4.69) is 65.8 Å². The van der Waals surface area contributed by atoms with Gasteiger partial charge >= 0.3 is 0 Å². The molecule has 2 unspecified atom stereocenters. The second-order valence-electron chi connectivity index (χ2n) is 9.28. The highest BCUT2D eigenvalue weighted by Gasteiger charge is 2.27. The average molecular weight is 385 g/mol. The first-order valence-electron chi connectivity index (χ1n) is 11.4. The van der Waals surface area contributed by atoms with Crippen LogP contribution in [0.4, 0.5) is 0 Å². The summed E-state index contributed by atoms with van der Waals surface area (Å²) in [4.78, 5) is 12.8. The fraction of sp³-hybridized carbons (Fsp3) is 0.667. The summed E-state index contributed by atoms with van der Waals surface area (Å²) in [6.07, 6.45) is 20.3. The van der Waals surface area contributed by atoms with Crippen molar-refractivity contribution in [2.75, 3.05) is 0 Å². The SMILES string of the molecule is CC(C)=CCC/C(C)=C/CC(/C=C(\C)CCC=C(C)C)C1CCCCCC1=O. The minimum Gasteiger partial charge on any atom is -0.299 e. The third kappa shape index (κ3) is 10.8. The number of carbonyl (C=O) groups excluding carboxylic acids is 1. The van der Waals surface area contributed by atoms with Crippen LogP contribution in [-0.4, -0.2) is 5.78 Å². The van der Waals surface area contributed by atoms with Crippen LogP contribution in [0.5, 0.6) is 0 Å². The number of hydrogen-bond donors (Lipinski definition) is 0. The number of rotatable bonds is 10. The monoisotopic (exact) mass is 384 g/mol. The molecule has 1 saturated carbocycles. The third-order valence-corrected chi connectivity index (χ3v) is 5.79. The Morgan fingerprint density at radius 1 is 0.857 bits per heavy atom. The van der Waals surface area contributed by atoms with Gasteiger partial charge in [0.05, 0.1) is 0 Å². The lowest BCUT2D eigenvalue weighted by atomic mass is 9.81. The summed E-state index contributed by atoms with van der Waals surface area (Å²) in [5.41, 5.74) is 5.68. The maximum Gasteiger partial charge on any atom is 0.136 e. The molecule has 158 valence electrons. The summed E-state index contributed by atoms with van der Waals surface area (Å²) in [5.74, 6) is 1.10. The molecule has 0 spiro atoms. The van der Waals surface area contributed by atoms with E-state index in [9.17, 15) is 4.79 Å². The molecule has 0 aromatic rings. The molecule has 28 heavy (non-hydrogen) atoms. The van der Waals surface area contributed by atoms with Gasteiger partial charge in [-0.05, 0) is 92.4 Å². The fourth-order valence-corrected chi connectivity index (χ4v) is 4.05. The summed E-state index contributed by atoms with van der Waals surface area (Å²) < 4.78 is 0. The van der Waals surface area contributed by atoms with Gasteiger partial charge in [0.1, 0.15) is 5.78 Å². The standard InChI is InChI=1S/C27H44O/c1-21(2)12-10-14-23(5)18-19-25(20-24(6)15-11-13-22(3)4)26-16-8-7-9-17-27(26)28/h12-13,18,20,25-26H,7-11,14-17,19H2,1-6H3/b23-18+,24-20+. The van der Waals surface area contributed by atoms with E-state index in [0.29, 0.717) is 11.7 Å². The van der Waals surface area contributed by atoms with Crippen molar-refractivity contribution in [2.45, 2.75) is 106 Å². The molecule has 0 aromatic heterocycles. The van der Waals surface area contributed by atoms with E-state index in [1.807, 2.05) is 0 Å². The van der Waals surface area contributed by atoms with Crippen LogP contribution < -0.4 is 0 Å². The Hall–Kier alpha value is -1.37. The number of ketones is 1. The van der Waals surface area contributed by atoms with Crippen molar-refractivity contribution in [3.05, 3.63) is 46.6 Å². The molecule has 1 heteroatoms. The first-order chi connectivity index (χ1) is 13.3. The first-order valence-corrected chi connectivity index (χ1v) is 11.4. The zero-order valence-electron chi connectivity index (χ0n) is 19.4. The lowest BCUT2D eigenvalue weighted by Crippen LogP contribution is -2.21. The maximum absolute atomic E-state index is 12.8. The van der Waals surface area contributed by atoms with Crippen LogP contribution in [0.3, 0.4) is 0 Å². The largest absolute Gasteiger partial charge is 0.299 e. The Morgan fingerprint density at radius 3 is 2.07 bits per heavy atom. The molecule has 1 aliphatic carbocycles. The van der Waals surface area contributed by atoms with Crippen molar-refractivity contribution in [3.63, 3.8) is 0 Å². The van der Waals surface area contributed by atoms with Gasteiger partial charge in [-0.25, -0.2) is 0 Å². The van der Waals surface area contributed by atoms with Crippen LogP contribution in [0.25, 0.3) is 0 Å². The van der Waals surface area contributed by atoms with Crippen LogP contribution in [0.2, 0.25) is 0 Å². The highest BCUT2D eigenvalue weighted by atomic mass is 16.1. The summed E-state index contributed by atoms with van der Waals surface area (Å²) in [6, 6.07) is 0. The molecule has 1 fully saturated rings. The Bertz CT molecular complexity index is 592. The van der Waals surface area contributed by atoms with Gasteiger partial charge in [-0.2, -0.15) is 0 Å². The topological polar surface area (TPSA) is 17.1 Å². The lowest BCUT2D eigenvalue weighted by Gasteiger charge is -2.22. The molecule has 2 atom stereocenters. The predicted molar refractivity (Wildman–Crippen MR) is 125 cm³/mol. The van der Waals surface area contributed by atoms with E-state index in [4.69, 9.17) is 0 Å². The van der Waals surface area contributed by atoms with Crippen LogP contribution in [0.15, 0.2) is 46.6 Å². The van der Waals surface area contributed by atoms with Crippen molar-refractivity contribution in [2.24, 2.45) is 11.8 Å². The number of Topliss-reactive ketones (excluding diaryl/α,β-unsaturated/α-hetero) is 1. The highest BCUT2D eigenvalue weighted by molar-refractivity contribution is 5.81. The summed E-state index contributed by atoms with van der Waals surface area (Å²) in [6.45, 7) is 13.1. The Balaban J connectivity index is 2.86. The second kappa shape index (κ2) is 13.7. The Labute approximate surface area is 175 Å². The van der Waals surface area contributed by atoms with Crippen molar-refractivity contribution >= 4 is 5.78 Å². The van der Waals surface area contributed by atoms with Gasteiger partial charge in [0.2, 0.25) is 0 Å². The average Bonchev–Trinajstić information content (AvgIpc) is 2.82. The second-order valence-corrected chi connectivity index (χ2v) is 9.28. The molecular weight excluding hydrogens is 340 g/mol.